The highest BCUT2D eigenvalue weighted by Gasteiger charge is 2.39. The molecule has 1 atom stereocenters. The number of fused-ring (bicyclic) bond motifs is 1. The van der Waals surface area contributed by atoms with Crippen LogP contribution < -0.4 is 5.32 Å². The number of nitrogens with one attached hydrogen (secondary N) is 1. The van der Waals surface area contributed by atoms with Crippen molar-refractivity contribution in [2.75, 3.05) is 13.1 Å². The molecule has 1 aliphatic rings. The molecule has 0 bridgehead atoms. The van der Waals surface area contributed by atoms with Crippen LogP contribution in [0.3, 0.4) is 0 Å². The van der Waals surface area contributed by atoms with Gasteiger partial charge in [0.15, 0.2) is 0 Å². The average Bonchev–Trinajstić information content (AvgIpc) is 3.06. The standard InChI is InChI=1S/C17H24ClN3/c1-3-7-17(8-9-19-12-17)16-20-14-6-5-13(18)11-15(14)21(16)10-4-2/h5-6,11,19H,3-4,7-10,12H2,1-2H3. The zero-order valence-electron chi connectivity index (χ0n) is 13.0. The first kappa shape index (κ1) is 14.9. The molecule has 1 aromatic carbocycles. The molecule has 1 aliphatic heterocycles. The third-order valence-electron chi connectivity index (χ3n) is 4.60. The number of halogens is 1. The van der Waals surface area contributed by atoms with E-state index < -0.39 is 0 Å². The van der Waals surface area contributed by atoms with Gasteiger partial charge in [0, 0.05) is 23.5 Å². The lowest BCUT2D eigenvalue weighted by Crippen LogP contribution is -2.32. The molecule has 0 aliphatic carbocycles. The summed E-state index contributed by atoms with van der Waals surface area (Å²) < 4.78 is 2.41. The van der Waals surface area contributed by atoms with Gasteiger partial charge in [-0.05, 0) is 44.0 Å². The van der Waals surface area contributed by atoms with Crippen LogP contribution in [0.15, 0.2) is 18.2 Å². The predicted octanol–water partition coefficient (Wildman–Crippen LogP) is 4.13. The van der Waals surface area contributed by atoms with Crippen molar-refractivity contribution in [2.45, 2.75) is 51.5 Å². The number of benzene rings is 1. The fourth-order valence-corrected chi connectivity index (χ4v) is 3.86. The summed E-state index contributed by atoms with van der Waals surface area (Å²) in [5.41, 5.74) is 2.45. The van der Waals surface area contributed by atoms with Crippen molar-refractivity contribution in [3.05, 3.63) is 29.0 Å². The van der Waals surface area contributed by atoms with Gasteiger partial charge in [0.25, 0.3) is 0 Å². The maximum absolute atomic E-state index is 6.20. The average molecular weight is 306 g/mol. The number of hydrogen-bond donors (Lipinski definition) is 1. The number of aryl methyl sites for hydroxylation is 1. The molecule has 0 amide bonds. The van der Waals surface area contributed by atoms with Crippen molar-refractivity contribution in [1.82, 2.24) is 14.9 Å². The molecule has 114 valence electrons. The Labute approximate surface area is 131 Å². The Morgan fingerprint density at radius 2 is 2.19 bits per heavy atom. The number of nitrogens with zero attached hydrogens (tertiary/aromatic N) is 2. The minimum Gasteiger partial charge on any atom is -0.327 e. The van der Waals surface area contributed by atoms with Crippen LogP contribution in [0.25, 0.3) is 11.0 Å². The highest BCUT2D eigenvalue weighted by atomic mass is 35.5. The summed E-state index contributed by atoms with van der Waals surface area (Å²) in [4.78, 5) is 5.01. The Morgan fingerprint density at radius 3 is 2.86 bits per heavy atom. The monoisotopic (exact) mass is 305 g/mol. The van der Waals surface area contributed by atoms with E-state index in [0.29, 0.717) is 0 Å². The number of aromatic nitrogens is 2. The summed E-state index contributed by atoms with van der Waals surface area (Å²) in [7, 11) is 0. The fourth-order valence-electron chi connectivity index (χ4n) is 3.69. The van der Waals surface area contributed by atoms with E-state index in [9.17, 15) is 0 Å². The van der Waals surface area contributed by atoms with Gasteiger partial charge in [0.1, 0.15) is 5.82 Å². The predicted molar refractivity (Wildman–Crippen MR) is 89.1 cm³/mol. The van der Waals surface area contributed by atoms with Crippen LogP contribution in [0.1, 0.15) is 45.4 Å². The molecule has 0 radical (unpaired) electrons. The highest BCUT2D eigenvalue weighted by Crippen LogP contribution is 2.37. The van der Waals surface area contributed by atoms with Gasteiger partial charge in [-0.15, -0.1) is 0 Å². The van der Waals surface area contributed by atoms with Crippen molar-refractivity contribution in [2.24, 2.45) is 0 Å². The van der Waals surface area contributed by atoms with E-state index in [1.807, 2.05) is 6.07 Å². The summed E-state index contributed by atoms with van der Waals surface area (Å²) >= 11 is 6.20. The van der Waals surface area contributed by atoms with Crippen LogP contribution in [0.2, 0.25) is 5.02 Å². The van der Waals surface area contributed by atoms with Gasteiger partial charge < -0.3 is 9.88 Å². The normalized spacial score (nSPS) is 22.2. The second-order valence-corrected chi connectivity index (χ2v) is 6.61. The van der Waals surface area contributed by atoms with E-state index in [1.54, 1.807) is 0 Å². The first-order valence-corrected chi connectivity index (χ1v) is 8.45. The van der Waals surface area contributed by atoms with Gasteiger partial charge in [-0.3, -0.25) is 0 Å². The Hall–Kier alpha value is -1.06. The summed E-state index contributed by atoms with van der Waals surface area (Å²) in [6, 6.07) is 6.05. The molecule has 2 heterocycles. The van der Waals surface area contributed by atoms with Gasteiger partial charge >= 0.3 is 0 Å². The molecule has 2 aromatic rings. The molecule has 21 heavy (non-hydrogen) atoms. The maximum Gasteiger partial charge on any atom is 0.117 e. The lowest BCUT2D eigenvalue weighted by molar-refractivity contribution is 0.384. The van der Waals surface area contributed by atoms with Crippen molar-refractivity contribution in [3.8, 4) is 0 Å². The van der Waals surface area contributed by atoms with Crippen LogP contribution in [-0.2, 0) is 12.0 Å². The summed E-state index contributed by atoms with van der Waals surface area (Å²) in [6.07, 6.45) is 4.68. The largest absolute Gasteiger partial charge is 0.327 e. The Kier molecular flexibility index (Phi) is 4.23. The van der Waals surface area contributed by atoms with E-state index in [4.69, 9.17) is 16.6 Å². The van der Waals surface area contributed by atoms with Gasteiger partial charge in [-0.2, -0.15) is 0 Å². The Bertz CT molecular complexity index is 626. The van der Waals surface area contributed by atoms with E-state index in [1.165, 1.54) is 30.6 Å². The first-order valence-electron chi connectivity index (χ1n) is 8.07. The molecule has 0 spiro atoms. The fraction of sp³-hybridized carbons (Fsp3) is 0.588. The van der Waals surface area contributed by atoms with Crippen LogP contribution in [0, 0.1) is 0 Å². The zero-order chi connectivity index (χ0) is 14.9. The second-order valence-electron chi connectivity index (χ2n) is 6.18. The van der Waals surface area contributed by atoms with Crippen LogP contribution >= 0.6 is 11.6 Å². The van der Waals surface area contributed by atoms with Crippen LogP contribution in [0.5, 0.6) is 0 Å². The van der Waals surface area contributed by atoms with Gasteiger partial charge in [0.05, 0.1) is 11.0 Å². The molecular weight excluding hydrogens is 282 g/mol. The van der Waals surface area contributed by atoms with E-state index in [2.05, 4.69) is 35.9 Å². The molecule has 1 N–H and O–H groups in total. The van der Waals surface area contributed by atoms with E-state index >= 15 is 0 Å². The maximum atomic E-state index is 6.20. The topological polar surface area (TPSA) is 29.9 Å². The molecule has 0 saturated carbocycles. The molecule has 1 fully saturated rings. The number of hydrogen-bond acceptors (Lipinski definition) is 2. The Balaban J connectivity index is 2.18. The smallest absolute Gasteiger partial charge is 0.117 e. The minimum absolute atomic E-state index is 0.190. The lowest BCUT2D eigenvalue weighted by Gasteiger charge is -2.28. The third kappa shape index (κ3) is 2.58. The molecule has 1 saturated heterocycles. The molecule has 3 nitrogen and oxygen atoms in total. The van der Waals surface area contributed by atoms with E-state index in [0.717, 1.165) is 36.6 Å². The van der Waals surface area contributed by atoms with Gasteiger partial charge in [0.2, 0.25) is 0 Å². The van der Waals surface area contributed by atoms with Crippen LogP contribution in [-0.4, -0.2) is 22.6 Å². The van der Waals surface area contributed by atoms with Crippen molar-refractivity contribution in [3.63, 3.8) is 0 Å². The second kappa shape index (κ2) is 5.98. The number of imidazole rings is 1. The SMILES string of the molecule is CCCn1c(C2(CCC)CCNC2)nc2ccc(Cl)cc21. The van der Waals surface area contributed by atoms with Crippen LogP contribution in [0.4, 0.5) is 0 Å². The van der Waals surface area contributed by atoms with Gasteiger partial charge in [-0.1, -0.05) is 31.9 Å². The Morgan fingerprint density at radius 1 is 1.33 bits per heavy atom. The summed E-state index contributed by atoms with van der Waals surface area (Å²) in [5, 5.41) is 4.33. The molecule has 1 unspecified atom stereocenters. The minimum atomic E-state index is 0.190. The molecule has 4 heteroatoms. The van der Waals surface area contributed by atoms with Crippen molar-refractivity contribution < 1.29 is 0 Å². The molecular formula is C17H24ClN3. The number of rotatable bonds is 5. The van der Waals surface area contributed by atoms with E-state index in [-0.39, 0.29) is 5.41 Å². The zero-order valence-corrected chi connectivity index (χ0v) is 13.7. The van der Waals surface area contributed by atoms with Gasteiger partial charge in [-0.25, -0.2) is 4.98 Å². The lowest BCUT2D eigenvalue weighted by atomic mass is 9.81. The molecule has 3 rings (SSSR count). The van der Waals surface area contributed by atoms with Crippen molar-refractivity contribution in [1.29, 1.82) is 0 Å². The highest BCUT2D eigenvalue weighted by molar-refractivity contribution is 6.31. The summed E-state index contributed by atoms with van der Waals surface area (Å²) in [6.45, 7) is 7.64. The first-order chi connectivity index (χ1) is 10.2. The third-order valence-corrected chi connectivity index (χ3v) is 4.84. The quantitative estimate of drug-likeness (QED) is 0.900. The molecule has 1 aromatic heterocycles. The summed E-state index contributed by atoms with van der Waals surface area (Å²) in [5.74, 6) is 1.26. The van der Waals surface area contributed by atoms with Crippen molar-refractivity contribution >= 4 is 22.6 Å².